The van der Waals surface area contributed by atoms with Crippen molar-refractivity contribution in [2.45, 2.75) is 32.4 Å². The molecule has 1 N–H and O–H groups in total. The summed E-state index contributed by atoms with van der Waals surface area (Å²) in [6.45, 7) is 3.67. The van der Waals surface area contributed by atoms with E-state index in [9.17, 15) is 9.59 Å². The van der Waals surface area contributed by atoms with E-state index >= 15 is 0 Å². The molecule has 3 aromatic rings. The molecular formula is C24H28N4O4. The number of hydrogen-bond donors (Lipinski definition) is 1. The standard InChI is InChI=1S/C24H28N4O4/c1-16(25-24(30)17-10-11-20(31-2)21(14-17)32-3)23-26-18-8-4-5-9-19(18)28(23)15-22(29)27-12-6-7-13-27/h4-5,8-11,14,16H,6-7,12-13,15H2,1-3H3,(H,25,30). The number of methoxy groups -OCH3 is 2. The minimum Gasteiger partial charge on any atom is -0.493 e. The number of fused-ring (bicyclic) bond motifs is 1. The monoisotopic (exact) mass is 436 g/mol. The lowest BCUT2D eigenvalue weighted by Crippen LogP contribution is -2.33. The predicted molar refractivity (Wildman–Crippen MR) is 121 cm³/mol. The van der Waals surface area contributed by atoms with Crippen LogP contribution in [-0.4, -0.2) is 53.6 Å². The first kappa shape index (κ1) is 21.7. The summed E-state index contributed by atoms with van der Waals surface area (Å²) in [7, 11) is 3.08. The molecule has 0 bridgehead atoms. The minimum absolute atomic E-state index is 0.0744. The second kappa shape index (κ2) is 9.30. The predicted octanol–water partition coefficient (Wildman–Crippen LogP) is 3.17. The highest BCUT2D eigenvalue weighted by Crippen LogP contribution is 2.28. The van der Waals surface area contributed by atoms with Gasteiger partial charge in [0.2, 0.25) is 5.91 Å². The zero-order chi connectivity index (χ0) is 22.7. The molecule has 1 aliphatic heterocycles. The number of aromatic nitrogens is 2. The van der Waals surface area contributed by atoms with Gasteiger partial charge in [-0.2, -0.15) is 0 Å². The van der Waals surface area contributed by atoms with Crippen LogP contribution < -0.4 is 14.8 Å². The number of ether oxygens (including phenoxy) is 2. The maximum absolute atomic E-state index is 12.9. The van der Waals surface area contributed by atoms with Crippen molar-refractivity contribution in [3.05, 3.63) is 53.9 Å². The van der Waals surface area contributed by atoms with Crippen molar-refractivity contribution in [3.8, 4) is 11.5 Å². The number of imidazole rings is 1. The summed E-state index contributed by atoms with van der Waals surface area (Å²) < 4.78 is 12.5. The SMILES string of the molecule is COc1ccc(C(=O)NC(C)c2nc3ccccc3n2CC(=O)N2CCCC2)cc1OC. The quantitative estimate of drug-likeness (QED) is 0.615. The van der Waals surface area contributed by atoms with Crippen LogP contribution in [0.2, 0.25) is 0 Å². The lowest BCUT2D eigenvalue weighted by molar-refractivity contribution is -0.130. The summed E-state index contributed by atoms with van der Waals surface area (Å²) in [6, 6.07) is 12.3. The number of nitrogens with zero attached hydrogens (tertiary/aromatic N) is 3. The fourth-order valence-corrected chi connectivity index (χ4v) is 4.11. The Bertz CT molecular complexity index is 1130. The van der Waals surface area contributed by atoms with Gasteiger partial charge in [-0.15, -0.1) is 0 Å². The lowest BCUT2D eigenvalue weighted by atomic mass is 10.1. The van der Waals surface area contributed by atoms with Crippen LogP contribution in [0.15, 0.2) is 42.5 Å². The van der Waals surface area contributed by atoms with E-state index in [0.29, 0.717) is 22.9 Å². The van der Waals surface area contributed by atoms with Crippen molar-refractivity contribution < 1.29 is 19.1 Å². The maximum Gasteiger partial charge on any atom is 0.251 e. The van der Waals surface area contributed by atoms with E-state index in [1.807, 2.05) is 40.7 Å². The van der Waals surface area contributed by atoms with E-state index in [-0.39, 0.29) is 18.4 Å². The summed E-state index contributed by atoms with van der Waals surface area (Å²) in [4.78, 5) is 32.4. The van der Waals surface area contributed by atoms with Gasteiger partial charge in [-0.05, 0) is 50.1 Å². The second-order valence-electron chi connectivity index (χ2n) is 7.90. The van der Waals surface area contributed by atoms with Crippen molar-refractivity contribution >= 4 is 22.8 Å². The lowest BCUT2D eigenvalue weighted by Gasteiger charge is -2.19. The third-order valence-corrected chi connectivity index (χ3v) is 5.82. The summed E-state index contributed by atoms with van der Waals surface area (Å²) >= 11 is 0. The molecule has 1 aromatic heterocycles. The Balaban J connectivity index is 1.59. The van der Waals surface area contributed by atoms with Crippen LogP contribution in [0.1, 0.15) is 42.0 Å². The molecule has 1 saturated heterocycles. The summed E-state index contributed by atoms with van der Waals surface area (Å²) in [5, 5.41) is 3.00. The van der Waals surface area contributed by atoms with Crippen LogP contribution in [0.25, 0.3) is 11.0 Å². The molecular weight excluding hydrogens is 408 g/mol. The maximum atomic E-state index is 12.9. The van der Waals surface area contributed by atoms with Crippen molar-refractivity contribution in [3.63, 3.8) is 0 Å². The first-order valence-corrected chi connectivity index (χ1v) is 10.8. The Hall–Kier alpha value is -3.55. The van der Waals surface area contributed by atoms with Gasteiger partial charge in [0.05, 0.1) is 31.3 Å². The molecule has 2 aromatic carbocycles. The van der Waals surface area contributed by atoms with E-state index in [4.69, 9.17) is 14.5 Å². The number of nitrogens with one attached hydrogen (secondary N) is 1. The van der Waals surface area contributed by atoms with Crippen LogP contribution >= 0.6 is 0 Å². The largest absolute Gasteiger partial charge is 0.493 e. The molecule has 2 heterocycles. The number of carbonyl (C=O) groups is 2. The fraction of sp³-hybridized carbons (Fsp3) is 0.375. The first-order chi connectivity index (χ1) is 15.5. The van der Waals surface area contributed by atoms with Crippen LogP contribution in [0.5, 0.6) is 11.5 Å². The van der Waals surface area contributed by atoms with Gasteiger partial charge in [-0.25, -0.2) is 4.98 Å². The number of amides is 2. The molecule has 0 radical (unpaired) electrons. The molecule has 1 aliphatic rings. The van der Waals surface area contributed by atoms with Crippen molar-refractivity contribution in [1.29, 1.82) is 0 Å². The van der Waals surface area contributed by atoms with Gasteiger partial charge in [0.15, 0.2) is 11.5 Å². The highest BCUT2D eigenvalue weighted by atomic mass is 16.5. The second-order valence-corrected chi connectivity index (χ2v) is 7.90. The van der Waals surface area contributed by atoms with E-state index < -0.39 is 6.04 Å². The van der Waals surface area contributed by atoms with Crippen LogP contribution in [0.4, 0.5) is 0 Å². The molecule has 8 nitrogen and oxygen atoms in total. The number of likely N-dealkylation sites (tertiary alicyclic amines) is 1. The Morgan fingerprint density at radius 2 is 1.78 bits per heavy atom. The topological polar surface area (TPSA) is 85.7 Å². The van der Waals surface area contributed by atoms with E-state index in [2.05, 4.69) is 5.32 Å². The Labute approximate surface area is 187 Å². The average molecular weight is 437 g/mol. The zero-order valence-corrected chi connectivity index (χ0v) is 18.6. The molecule has 0 saturated carbocycles. The normalized spacial score (nSPS) is 14.4. The molecule has 1 unspecified atom stereocenters. The summed E-state index contributed by atoms with van der Waals surface area (Å²) in [5.41, 5.74) is 2.12. The van der Waals surface area contributed by atoms with Crippen molar-refractivity contribution in [2.24, 2.45) is 0 Å². The van der Waals surface area contributed by atoms with Crippen molar-refractivity contribution in [1.82, 2.24) is 19.8 Å². The molecule has 0 aliphatic carbocycles. The number of hydrogen-bond acceptors (Lipinski definition) is 5. The molecule has 168 valence electrons. The van der Waals surface area contributed by atoms with Gasteiger partial charge in [-0.1, -0.05) is 12.1 Å². The number of para-hydroxylation sites is 2. The zero-order valence-electron chi connectivity index (χ0n) is 18.6. The highest BCUT2D eigenvalue weighted by molar-refractivity contribution is 5.95. The van der Waals surface area contributed by atoms with Crippen LogP contribution in [0.3, 0.4) is 0 Å². The van der Waals surface area contributed by atoms with Gasteiger partial charge in [-0.3, -0.25) is 9.59 Å². The molecule has 4 rings (SSSR count). The number of benzene rings is 2. The van der Waals surface area contributed by atoms with Gasteiger partial charge in [0, 0.05) is 18.7 Å². The van der Waals surface area contributed by atoms with Crippen LogP contribution in [-0.2, 0) is 11.3 Å². The fourth-order valence-electron chi connectivity index (χ4n) is 4.11. The van der Waals surface area contributed by atoms with E-state index in [1.165, 1.54) is 7.11 Å². The van der Waals surface area contributed by atoms with Gasteiger partial charge < -0.3 is 24.3 Å². The molecule has 0 spiro atoms. The average Bonchev–Trinajstić information content (AvgIpc) is 3.47. The molecule has 2 amide bonds. The molecule has 32 heavy (non-hydrogen) atoms. The first-order valence-electron chi connectivity index (χ1n) is 10.8. The molecule has 1 atom stereocenters. The van der Waals surface area contributed by atoms with Gasteiger partial charge >= 0.3 is 0 Å². The Kier molecular flexibility index (Phi) is 6.30. The number of carbonyl (C=O) groups excluding carboxylic acids is 2. The van der Waals surface area contributed by atoms with Gasteiger partial charge in [0.1, 0.15) is 12.4 Å². The van der Waals surface area contributed by atoms with Crippen molar-refractivity contribution in [2.75, 3.05) is 27.3 Å². The Morgan fingerprint density at radius 3 is 2.50 bits per heavy atom. The van der Waals surface area contributed by atoms with E-state index in [1.54, 1.807) is 25.3 Å². The number of rotatable bonds is 7. The highest BCUT2D eigenvalue weighted by Gasteiger charge is 2.24. The Morgan fingerprint density at radius 1 is 1.06 bits per heavy atom. The summed E-state index contributed by atoms with van der Waals surface area (Å²) in [6.07, 6.45) is 2.09. The third kappa shape index (κ3) is 4.26. The minimum atomic E-state index is -0.408. The third-order valence-electron chi connectivity index (χ3n) is 5.82. The summed E-state index contributed by atoms with van der Waals surface area (Å²) in [5.74, 6) is 1.50. The molecule has 1 fully saturated rings. The smallest absolute Gasteiger partial charge is 0.251 e. The van der Waals surface area contributed by atoms with E-state index in [0.717, 1.165) is 37.0 Å². The van der Waals surface area contributed by atoms with Crippen LogP contribution in [0, 0.1) is 0 Å². The van der Waals surface area contributed by atoms with Gasteiger partial charge in [0.25, 0.3) is 5.91 Å². The molecule has 8 heteroatoms.